The summed E-state index contributed by atoms with van der Waals surface area (Å²) in [5, 5.41) is 37.1. The molecule has 8 aromatic heterocycles. The van der Waals surface area contributed by atoms with E-state index >= 15 is 0 Å². The zero-order chi connectivity index (χ0) is 101. The second-order valence-corrected chi connectivity index (χ2v) is 39.6. The fourth-order valence-corrected chi connectivity index (χ4v) is 21.2. The number of pyridine rings is 8. The summed E-state index contributed by atoms with van der Waals surface area (Å²) in [7, 11) is 2.35. The zero-order valence-electron chi connectivity index (χ0n) is 83.9. The SMILES string of the molecule is CC1(C)c2ccccc2Oc2cc[c-]c(-c3ccccn3)c21.CN1c2ccccc2N(C)c2c(-c3ccccn3)[c-]ccc21.C[Si]1(C)c2ccccc2Oc2cc[c-]c(-c3ccccn3)c21.Cc1nc(C(=O)O)c(C)c(C)c1C.O=C(O)c1ccc(C2CCCC2)cn1.O=C(O)c1ccc(C2CCCC2)cn1.O=C(O)c1ccccn1.[2H]C([2H])([2H])N1c2cc[c-]c(-c3ccccn3)c2Oc2c1ccc(C)c2C.[Ir].[Ir].[Ir].[Ir]. The Hall–Kier alpha value is -13.5. The van der Waals surface area contributed by atoms with Gasteiger partial charge in [0, 0.05) is 166 Å². The van der Waals surface area contributed by atoms with Crippen LogP contribution in [0.25, 0.3) is 45.0 Å². The number of aromatic carboxylic acids is 4. The van der Waals surface area contributed by atoms with Crippen molar-refractivity contribution >= 4 is 76.4 Å². The van der Waals surface area contributed by atoms with Gasteiger partial charge in [-0.1, -0.05) is 196 Å². The number of carboxylic acids is 4. The molecule has 2 saturated carbocycles. The van der Waals surface area contributed by atoms with Crippen LogP contribution in [-0.4, -0.2) is 113 Å². The Morgan fingerprint density at radius 2 is 0.832 bits per heavy atom. The summed E-state index contributed by atoms with van der Waals surface area (Å²) in [4.78, 5) is 81.2. The first-order chi connectivity index (χ1) is 68.3. The van der Waals surface area contributed by atoms with Crippen LogP contribution >= 0.6 is 0 Å². The number of rotatable bonds is 10. The molecular weight excluding hydrogens is 2520 g/mol. The van der Waals surface area contributed by atoms with E-state index in [0.29, 0.717) is 46.0 Å². The first-order valence-corrected chi connectivity index (χ1v) is 49.1. The van der Waals surface area contributed by atoms with Crippen LogP contribution in [0.5, 0.6) is 34.5 Å². The van der Waals surface area contributed by atoms with E-state index < -0.39 is 38.9 Å². The molecule has 2 fully saturated rings. The van der Waals surface area contributed by atoms with Crippen LogP contribution < -0.4 is 39.3 Å². The third kappa shape index (κ3) is 25.0. The number of benzene rings is 8. The van der Waals surface area contributed by atoms with Gasteiger partial charge in [0.1, 0.15) is 34.3 Å². The number of anilines is 6. The smallest absolute Gasteiger partial charge is 0.354 e. The number of nitrogens with zero attached hydrogens (tertiary/aromatic N) is 11. The topological polar surface area (TPSA) is 290 Å². The number of para-hydroxylation sites is 4. The third-order valence-electron chi connectivity index (χ3n) is 26.0. The number of carboxylic acid groups (broad SMARTS) is 4. The Labute approximate surface area is 894 Å². The van der Waals surface area contributed by atoms with Gasteiger partial charge in [-0.25, -0.2) is 39.1 Å². The van der Waals surface area contributed by atoms with Crippen LogP contribution in [-0.2, 0) is 85.8 Å². The maximum absolute atomic E-state index is 10.8. The van der Waals surface area contributed by atoms with Gasteiger partial charge in [0.15, 0.2) is 5.69 Å². The van der Waals surface area contributed by atoms with Crippen molar-refractivity contribution in [2.45, 2.75) is 137 Å². The van der Waals surface area contributed by atoms with E-state index in [9.17, 15) is 19.2 Å². The summed E-state index contributed by atoms with van der Waals surface area (Å²) in [5.74, 6) is 2.13. The van der Waals surface area contributed by atoms with Crippen molar-refractivity contribution in [2.75, 3.05) is 35.8 Å². The standard InChI is InChI=1S/C20H17N2O.C20H16NO.C19H16N3.C19H16NOSi.2C11H13NO2.C10H13NO2.C6H5NO2.4Ir/c1-13-10-11-18-19(14(13)2)23-20-15(16-8-4-5-12-21-16)7-6-9-17(20)22(18)3;1-20(2)15-9-3-4-11-17(15)22-18-12-7-8-14(19(18)20)16-10-5-6-13-21-16;1-21-16-10-3-4-11-17(16)22(2)19-14(8-7-12-18(19)21)15-9-5-6-13-20-15;1-22(2)18-12-4-3-10-16(18)21-17-11-7-8-14(19(17)22)15-9-5-6-13-20-15;2*13-11(14)10-6-5-9(7-12-10)8-3-1-2-4-8;1-5-6(2)8(4)11-9(7(5)3)10(12)13;8-6(9)5-3-1-2-4-7-5;;;;/h4-6,8-12H,1-3H3;3*3-7,9-13H,1-2H3;2*5-8H,1-4H2,(H,13,14);1-4H3,(H,12,13);1-4H,(H,8,9);;;;/q4*-1;;;;;;;;/i3D3;;;;;;;;;;;. The van der Waals surface area contributed by atoms with E-state index in [1.807, 2.05) is 193 Å². The maximum Gasteiger partial charge on any atom is 0.354 e. The molecule has 738 valence electrons. The second-order valence-electron chi connectivity index (χ2n) is 35.3. The molecule has 0 spiro atoms. The molecule has 4 radical (unpaired) electrons. The number of aromatic nitrogens is 8. The number of ether oxygens (including phenoxy) is 3. The molecule has 0 unspecified atom stereocenters. The molecule has 0 saturated heterocycles. The molecule has 8 aromatic carbocycles. The Balaban J connectivity index is 0.000000161. The molecule has 22 nitrogen and oxygen atoms in total. The van der Waals surface area contributed by atoms with Crippen LogP contribution in [0.15, 0.2) is 292 Å². The Kier molecular flexibility index (Phi) is 36.7. The average Bonchev–Trinajstić information content (AvgIpc) is 0.799. The quantitative estimate of drug-likeness (QED) is 0.0731. The van der Waals surface area contributed by atoms with Gasteiger partial charge >= 0.3 is 23.9 Å². The van der Waals surface area contributed by atoms with Crippen LogP contribution in [0.3, 0.4) is 0 Å². The molecule has 2 aliphatic carbocycles. The number of aryl methyl sites for hydroxylation is 2. The number of hydrogen-bond donors (Lipinski definition) is 4. The van der Waals surface area contributed by atoms with E-state index in [1.165, 1.54) is 113 Å². The van der Waals surface area contributed by atoms with Gasteiger partial charge in [-0.15, -0.1) is 83.9 Å². The van der Waals surface area contributed by atoms with Crippen LogP contribution in [0.4, 0.5) is 34.1 Å². The maximum atomic E-state index is 10.8. The van der Waals surface area contributed by atoms with Crippen molar-refractivity contribution in [3.8, 4) is 79.5 Å². The molecule has 0 amide bonds. The Bertz CT molecular complexity index is 7020. The first kappa shape index (κ1) is 105. The summed E-state index contributed by atoms with van der Waals surface area (Å²) in [6, 6.07) is 92.6. The zero-order valence-corrected chi connectivity index (χ0v) is 91.5. The van der Waals surface area contributed by atoms with Gasteiger partial charge < -0.3 is 69.3 Å². The largest absolute Gasteiger partial charge is 0.497 e. The molecule has 12 heterocycles. The molecule has 16 aromatic rings. The summed E-state index contributed by atoms with van der Waals surface area (Å²) in [6.07, 6.45) is 22.0. The molecule has 22 rings (SSSR count). The molecule has 0 bridgehead atoms. The van der Waals surface area contributed by atoms with E-state index in [4.69, 9.17) is 38.7 Å². The second kappa shape index (κ2) is 49.9. The number of fused-ring (bicyclic) bond motifs is 8. The van der Waals surface area contributed by atoms with Crippen molar-refractivity contribution in [2.24, 2.45) is 0 Å². The van der Waals surface area contributed by atoms with Gasteiger partial charge in [-0.3, -0.25) is 0 Å². The fraction of sp³-hybridized carbons (Fsp3) is 0.207. The van der Waals surface area contributed by atoms with Crippen molar-refractivity contribution in [1.29, 1.82) is 0 Å². The molecular formula is C116H109Ir4N11O11Si-4. The van der Waals surface area contributed by atoms with Gasteiger partial charge in [0.2, 0.25) is 0 Å². The average molecular weight is 2630 g/mol. The molecule has 4 aliphatic heterocycles. The molecule has 6 aliphatic rings. The summed E-state index contributed by atoms with van der Waals surface area (Å²) in [5.41, 5.74) is 23.7. The van der Waals surface area contributed by atoms with Crippen molar-refractivity contribution in [1.82, 2.24) is 39.9 Å². The van der Waals surface area contributed by atoms with E-state index in [0.717, 1.165) is 102 Å². The van der Waals surface area contributed by atoms with Crippen LogP contribution in [0.1, 0.15) is 179 Å². The molecule has 0 atom stereocenters. The van der Waals surface area contributed by atoms with Gasteiger partial charge in [0.05, 0.1) is 36.6 Å². The summed E-state index contributed by atoms with van der Waals surface area (Å²) < 4.78 is 42.7. The van der Waals surface area contributed by atoms with Crippen LogP contribution in [0, 0.1) is 65.8 Å². The fourth-order valence-electron chi connectivity index (χ4n) is 18.1. The van der Waals surface area contributed by atoms with Gasteiger partial charge in [-0.05, 0) is 247 Å². The minimum absolute atomic E-state index is 0. The predicted octanol–water partition coefficient (Wildman–Crippen LogP) is 25.6. The first-order valence-electron chi connectivity index (χ1n) is 47.6. The number of carbonyl (C=O) groups is 4. The Morgan fingerprint density at radius 1 is 0.392 bits per heavy atom. The van der Waals surface area contributed by atoms with Crippen LogP contribution in [0.2, 0.25) is 13.1 Å². The summed E-state index contributed by atoms with van der Waals surface area (Å²) in [6.45, 7) is 18.3. The minimum Gasteiger partial charge on any atom is -0.497 e. The monoisotopic (exact) mass is 2630 g/mol. The van der Waals surface area contributed by atoms with Gasteiger partial charge in [0.25, 0.3) is 0 Å². The van der Waals surface area contributed by atoms with Gasteiger partial charge in [-0.2, -0.15) is 0 Å². The molecule has 27 heteroatoms. The van der Waals surface area contributed by atoms with Crippen molar-refractivity contribution < 1.29 is 138 Å². The Morgan fingerprint density at radius 3 is 1.34 bits per heavy atom. The van der Waals surface area contributed by atoms with E-state index in [-0.39, 0.29) is 109 Å². The molecule has 143 heavy (non-hydrogen) atoms. The number of hydrogen-bond acceptors (Lipinski definition) is 18. The third-order valence-corrected chi connectivity index (χ3v) is 29.5. The summed E-state index contributed by atoms with van der Waals surface area (Å²) >= 11 is 0. The predicted molar refractivity (Wildman–Crippen MR) is 549 cm³/mol. The van der Waals surface area contributed by atoms with E-state index in [2.05, 4.69) is 176 Å². The van der Waals surface area contributed by atoms with Crippen molar-refractivity contribution in [3.05, 3.63) is 395 Å². The van der Waals surface area contributed by atoms with Crippen molar-refractivity contribution in [3.63, 3.8) is 0 Å². The normalized spacial score (nSPS) is 13.7. The van der Waals surface area contributed by atoms with E-state index in [1.54, 1.807) is 68.0 Å². The molecule has 4 N–H and O–H groups in total. The minimum atomic E-state index is -2.35.